The van der Waals surface area contributed by atoms with Gasteiger partial charge in [0, 0.05) is 17.6 Å². The monoisotopic (exact) mass is 645 g/mol. The van der Waals surface area contributed by atoms with Gasteiger partial charge in [0.1, 0.15) is 18.3 Å². The number of sulfonamides is 1. The molecule has 3 aromatic carbocycles. The number of carbonyl (C=O) groups excluding carboxylic acids is 2. The summed E-state index contributed by atoms with van der Waals surface area (Å²) in [5.74, 6) is -0.281. The van der Waals surface area contributed by atoms with Crippen molar-refractivity contribution in [2.45, 2.75) is 69.5 Å². The van der Waals surface area contributed by atoms with Crippen LogP contribution in [0.25, 0.3) is 0 Å². The van der Waals surface area contributed by atoms with Crippen LogP contribution in [0.1, 0.15) is 50.2 Å². The molecule has 1 fully saturated rings. The Morgan fingerprint density at radius 2 is 1.70 bits per heavy atom. The van der Waals surface area contributed by atoms with Crippen LogP contribution >= 0.6 is 23.2 Å². The standard InChI is InChI=1S/C32H37Cl2N3O5S/c1-22-12-15-28(16-13-22)43(40,41)37(30-19-25(33)14-17-29(30)34)21-31(38)36(20-24-8-7-11-27(18-24)42-3)23(2)32(39)35-26-9-5-4-6-10-26/h7-8,11-19,23,26H,4-6,9-10,20-21H2,1-3H3,(H,35,39)/t23-/m1/s1. The normalized spacial score (nSPS) is 14.5. The highest BCUT2D eigenvalue weighted by molar-refractivity contribution is 7.92. The third-order valence-corrected chi connectivity index (χ3v) is 10.00. The van der Waals surface area contributed by atoms with Crippen molar-refractivity contribution in [1.29, 1.82) is 0 Å². The number of nitrogens with one attached hydrogen (secondary N) is 1. The average molecular weight is 647 g/mol. The van der Waals surface area contributed by atoms with E-state index in [4.69, 9.17) is 27.9 Å². The second-order valence-electron chi connectivity index (χ2n) is 10.8. The molecule has 3 aromatic rings. The van der Waals surface area contributed by atoms with Gasteiger partial charge in [-0.3, -0.25) is 13.9 Å². The van der Waals surface area contributed by atoms with E-state index in [-0.39, 0.29) is 39.1 Å². The highest BCUT2D eigenvalue weighted by Gasteiger charge is 2.34. The lowest BCUT2D eigenvalue weighted by Crippen LogP contribution is -2.53. The fourth-order valence-electron chi connectivity index (χ4n) is 5.15. The lowest BCUT2D eigenvalue weighted by molar-refractivity contribution is -0.139. The molecule has 0 spiro atoms. The Hall–Kier alpha value is -3.27. The van der Waals surface area contributed by atoms with Crippen molar-refractivity contribution >= 4 is 50.7 Å². The zero-order valence-corrected chi connectivity index (χ0v) is 26.9. The smallest absolute Gasteiger partial charge is 0.264 e. The number of methoxy groups -OCH3 is 1. The van der Waals surface area contributed by atoms with Crippen LogP contribution in [0.2, 0.25) is 10.0 Å². The highest BCUT2D eigenvalue weighted by atomic mass is 35.5. The molecule has 0 unspecified atom stereocenters. The summed E-state index contributed by atoms with van der Waals surface area (Å²) in [6.07, 6.45) is 4.99. The van der Waals surface area contributed by atoms with E-state index in [0.29, 0.717) is 5.75 Å². The molecule has 1 N–H and O–H groups in total. The summed E-state index contributed by atoms with van der Waals surface area (Å²) >= 11 is 12.7. The number of halogens is 2. The van der Waals surface area contributed by atoms with Gasteiger partial charge < -0.3 is 15.0 Å². The first kappa shape index (κ1) is 32.6. The van der Waals surface area contributed by atoms with E-state index >= 15 is 0 Å². The summed E-state index contributed by atoms with van der Waals surface area (Å²) in [6, 6.07) is 17.1. The number of anilines is 1. The van der Waals surface area contributed by atoms with Crippen molar-refractivity contribution in [2.24, 2.45) is 0 Å². The first-order chi connectivity index (χ1) is 20.5. The lowest BCUT2D eigenvalue weighted by atomic mass is 9.95. The second kappa shape index (κ2) is 14.5. The van der Waals surface area contributed by atoms with Crippen molar-refractivity contribution in [3.63, 3.8) is 0 Å². The maximum atomic E-state index is 14.2. The van der Waals surface area contributed by atoms with Crippen LogP contribution in [0.15, 0.2) is 71.6 Å². The second-order valence-corrected chi connectivity index (χ2v) is 13.5. The molecule has 0 aliphatic heterocycles. The van der Waals surface area contributed by atoms with Crippen molar-refractivity contribution in [3.8, 4) is 5.75 Å². The lowest BCUT2D eigenvalue weighted by Gasteiger charge is -2.33. The third kappa shape index (κ3) is 8.22. The summed E-state index contributed by atoms with van der Waals surface area (Å²) in [5, 5.41) is 3.46. The molecular formula is C32H37Cl2N3O5S. The molecule has 1 aliphatic rings. The van der Waals surface area contributed by atoms with E-state index in [1.807, 2.05) is 13.0 Å². The van der Waals surface area contributed by atoms with Gasteiger partial charge in [-0.25, -0.2) is 8.42 Å². The van der Waals surface area contributed by atoms with E-state index in [2.05, 4.69) is 5.32 Å². The van der Waals surface area contributed by atoms with Crippen LogP contribution in [0.5, 0.6) is 5.75 Å². The number of benzene rings is 3. The predicted molar refractivity (Wildman–Crippen MR) is 170 cm³/mol. The largest absolute Gasteiger partial charge is 0.497 e. The highest BCUT2D eigenvalue weighted by Crippen LogP contribution is 2.33. The Balaban J connectivity index is 1.71. The molecule has 0 aromatic heterocycles. The van der Waals surface area contributed by atoms with Gasteiger partial charge in [-0.15, -0.1) is 0 Å². The number of amides is 2. The Kier molecular flexibility index (Phi) is 11.0. The number of nitrogens with zero attached hydrogens (tertiary/aromatic N) is 2. The number of rotatable bonds is 11. The molecule has 4 rings (SSSR count). The van der Waals surface area contributed by atoms with Crippen LogP contribution in [-0.4, -0.2) is 50.9 Å². The van der Waals surface area contributed by atoms with Gasteiger partial charge in [0.2, 0.25) is 11.8 Å². The van der Waals surface area contributed by atoms with Crippen molar-refractivity contribution < 1.29 is 22.7 Å². The quantitative estimate of drug-likeness (QED) is 0.261. The summed E-state index contributed by atoms with van der Waals surface area (Å²) < 4.78 is 34.4. The van der Waals surface area contributed by atoms with E-state index in [1.54, 1.807) is 50.4 Å². The van der Waals surface area contributed by atoms with Crippen molar-refractivity contribution in [1.82, 2.24) is 10.2 Å². The zero-order valence-electron chi connectivity index (χ0n) is 24.6. The van der Waals surface area contributed by atoms with Gasteiger partial charge in [-0.2, -0.15) is 0 Å². The molecule has 230 valence electrons. The Labute approximate surface area is 264 Å². The maximum Gasteiger partial charge on any atom is 0.264 e. The summed E-state index contributed by atoms with van der Waals surface area (Å²) in [6.45, 7) is 2.95. The summed E-state index contributed by atoms with van der Waals surface area (Å²) in [7, 11) is -2.72. The van der Waals surface area contributed by atoms with Crippen molar-refractivity contribution in [2.75, 3.05) is 18.0 Å². The van der Waals surface area contributed by atoms with E-state index < -0.39 is 28.5 Å². The predicted octanol–water partition coefficient (Wildman–Crippen LogP) is 6.37. The van der Waals surface area contributed by atoms with Crippen LogP contribution in [-0.2, 0) is 26.2 Å². The van der Waals surface area contributed by atoms with Crippen LogP contribution < -0.4 is 14.4 Å². The van der Waals surface area contributed by atoms with Gasteiger partial charge in [0.25, 0.3) is 10.0 Å². The number of carbonyl (C=O) groups is 2. The molecule has 43 heavy (non-hydrogen) atoms. The van der Waals surface area contributed by atoms with Gasteiger partial charge in [0.05, 0.1) is 22.7 Å². The number of ether oxygens (including phenoxy) is 1. The van der Waals surface area contributed by atoms with Gasteiger partial charge in [-0.1, -0.05) is 72.3 Å². The minimum Gasteiger partial charge on any atom is -0.497 e. The van der Waals surface area contributed by atoms with E-state index in [0.717, 1.165) is 47.5 Å². The Bertz CT molecular complexity index is 1540. The number of hydrogen-bond donors (Lipinski definition) is 1. The fourth-order valence-corrected chi connectivity index (χ4v) is 7.01. The molecule has 1 aliphatic carbocycles. The summed E-state index contributed by atoms with van der Waals surface area (Å²) in [5.41, 5.74) is 1.66. The van der Waals surface area contributed by atoms with Crippen LogP contribution in [0.4, 0.5) is 5.69 Å². The number of hydrogen-bond acceptors (Lipinski definition) is 5. The van der Waals surface area contributed by atoms with Gasteiger partial charge in [-0.05, 0) is 74.7 Å². The molecule has 0 bridgehead atoms. The molecule has 2 amide bonds. The third-order valence-electron chi connectivity index (χ3n) is 7.67. The molecule has 0 heterocycles. The molecule has 0 radical (unpaired) electrons. The fraction of sp³-hybridized carbons (Fsp3) is 0.375. The van der Waals surface area contributed by atoms with Gasteiger partial charge >= 0.3 is 0 Å². The van der Waals surface area contributed by atoms with Gasteiger partial charge in [0.15, 0.2) is 0 Å². The van der Waals surface area contributed by atoms with Crippen LogP contribution in [0.3, 0.4) is 0 Å². The minimum absolute atomic E-state index is 0.00984. The summed E-state index contributed by atoms with van der Waals surface area (Å²) in [4.78, 5) is 29.0. The molecule has 11 heteroatoms. The maximum absolute atomic E-state index is 14.2. The Morgan fingerprint density at radius 3 is 2.37 bits per heavy atom. The average Bonchev–Trinajstić information content (AvgIpc) is 3.00. The molecule has 1 atom stereocenters. The molecule has 0 saturated heterocycles. The first-order valence-electron chi connectivity index (χ1n) is 14.3. The first-order valence-corrected chi connectivity index (χ1v) is 16.5. The van der Waals surface area contributed by atoms with Crippen LogP contribution in [0, 0.1) is 6.92 Å². The van der Waals surface area contributed by atoms with Crippen molar-refractivity contribution in [3.05, 3.63) is 87.9 Å². The SMILES string of the molecule is COc1cccc(CN(C(=O)CN(c2cc(Cl)ccc2Cl)S(=O)(=O)c2ccc(C)cc2)[C@H](C)C(=O)NC2CCCCC2)c1. The molecule has 1 saturated carbocycles. The Morgan fingerprint density at radius 1 is 1.00 bits per heavy atom. The van der Waals surface area contributed by atoms with E-state index in [1.165, 1.54) is 29.2 Å². The molecular weight excluding hydrogens is 609 g/mol. The zero-order chi connectivity index (χ0) is 31.1. The number of aryl methyl sites for hydroxylation is 1. The topological polar surface area (TPSA) is 96.0 Å². The minimum atomic E-state index is -4.27. The molecule has 8 nitrogen and oxygen atoms in total. The van der Waals surface area contributed by atoms with E-state index in [9.17, 15) is 18.0 Å².